The first-order valence-electron chi connectivity index (χ1n) is 5.51. The fourth-order valence-electron chi connectivity index (χ4n) is 1.04. The quantitative estimate of drug-likeness (QED) is 0.868. The SMILES string of the molecule is CC(N)c1nc(-c2ccncc2)no1.O=C(O)C(F)(F)F. The molecule has 0 aliphatic carbocycles. The van der Waals surface area contributed by atoms with Crippen LogP contribution in [0.25, 0.3) is 11.4 Å². The number of aliphatic carboxylic acids is 1. The van der Waals surface area contributed by atoms with Crippen molar-refractivity contribution in [3.63, 3.8) is 0 Å². The van der Waals surface area contributed by atoms with E-state index in [0.717, 1.165) is 5.56 Å². The van der Waals surface area contributed by atoms with E-state index in [1.54, 1.807) is 19.3 Å². The van der Waals surface area contributed by atoms with Crippen molar-refractivity contribution in [1.82, 2.24) is 15.1 Å². The fraction of sp³-hybridized carbons (Fsp3) is 0.273. The Hall–Kier alpha value is -2.49. The smallest absolute Gasteiger partial charge is 0.475 e. The lowest BCUT2D eigenvalue weighted by Crippen LogP contribution is -2.21. The number of nitrogens with two attached hydrogens (primary N) is 1. The van der Waals surface area contributed by atoms with E-state index in [4.69, 9.17) is 20.2 Å². The maximum atomic E-state index is 10.6. The zero-order valence-electron chi connectivity index (χ0n) is 10.7. The van der Waals surface area contributed by atoms with Crippen molar-refractivity contribution in [3.8, 4) is 11.4 Å². The molecule has 1 atom stereocenters. The average molecular weight is 304 g/mol. The number of hydrogen-bond acceptors (Lipinski definition) is 6. The summed E-state index contributed by atoms with van der Waals surface area (Å²) in [6.45, 7) is 1.80. The highest BCUT2D eigenvalue weighted by atomic mass is 19.4. The Labute approximate surface area is 116 Å². The van der Waals surface area contributed by atoms with E-state index in [1.165, 1.54) is 0 Å². The number of carbonyl (C=O) groups is 1. The normalized spacial score (nSPS) is 12.2. The number of pyridine rings is 1. The van der Waals surface area contributed by atoms with Gasteiger partial charge >= 0.3 is 12.1 Å². The molecule has 0 aromatic carbocycles. The summed E-state index contributed by atoms with van der Waals surface area (Å²) >= 11 is 0. The zero-order chi connectivity index (χ0) is 16.0. The zero-order valence-corrected chi connectivity index (χ0v) is 10.7. The number of rotatable bonds is 2. The Balaban J connectivity index is 0.000000270. The van der Waals surface area contributed by atoms with Crippen LogP contribution in [0.2, 0.25) is 0 Å². The van der Waals surface area contributed by atoms with Crippen molar-refractivity contribution in [3.05, 3.63) is 30.4 Å². The number of hydrogen-bond donors (Lipinski definition) is 2. The molecule has 0 aliphatic heterocycles. The largest absolute Gasteiger partial charge is 0.490 e. The van der Waals surface area contributed by atoms with Gasteiger partial charge in [0.25, 0.3) is 0 Å². The van der Waals surface area contributed by atoms with E-state index in [0.29, 0.717) is 11.7 Å². The monoisotopic (exact) mass is 304 g/mol. The summed E-state index contributed by atoms with van der Waals surface area (Å²) in [5.74, 6) is -1.77. The molecule has 2 rings (SSSR count). The number of carboxylic acid groups (broad SMARTS) is 1. The average Bonchev–Trinajstić information content (AvgIpc) is 2.89. The third-order valence-corrected chi connectivity index (χ3v) is 2.01. The van der Waals surface area contributed by atoms with Crippen molar-refractivity contribution < 1.29 is 27.6 Å². The van der Waals surface area contributed by atoms with Gasteiger partial charge in [-0.1, -0.05) is 5.16 Å². The number of alkyl halides is 3. The summed E-state index contributed by atoms with van der Waals surface area (Å²) in [6.07, 6.45) is -1.73. The van der Waals surface area contributed by atoms with Gasteiger partial charge in [-0.25, -0.2) is 4.79 Å². The molecule has 0 saturated carbocycles. The Bertz CT molecular complexity index is 584. The molecular formula is C11H11F3N4O3. The van der Waals surface area contributed by atoms with Crippen LogP contribution in [-0.4, -0.2) is 32.4 Å². The summed E-state index contributed by atoms with van der Waals surface area (Å²) < 4.78 is 36.7. The molecule has 3 N–H and O–H groups in total. The molecule has 7 nitrogen and oxygen atoms in total. The summed E-state index contributed by atoms with van der Waals surface area (Å²) in [6, 6.07) is 3.39. The van der Waals surface area contributed by atoms with Crippen molar-refractivity contribution >= 4 is 5.97 Å². The van der Waals surface area contributed by atoms with Crippen LogP contribution in [0.15, 0.2) is 29.0 Å². The van der Waals surface area contributed by atoms with Gasteiger partial charge < -0.3 is 15.4 Å². The molecule has 2 aromatic heterocycles. The maximum absolute atomic E-state index is 10.6. The number of aromatic nitrogens is 3. The first kappa shape index (κ1) is 16.6. The molecular weight excluding hydrogens is 293 g/mol. The van der Waals surface area contributed by atoms with Crippen LogP contribution >= 0.6 is 0 Å². The predicted octanol–water partition coefficient (Wildman–Crippen LogP) is 1.78. The molecule has 0 fully saturated rings. The van der Waals surface area contributed by atoms with Gasteiger partial charge in [-0.05, 0) is 19.1 Å². The lowest BCUT2D eigenvalue weighted by molar-refractivity contribution is -0.192. The van der Waals surface area contributed by atoms with Gasteiger partial charge in [0.15, 0.2) is 0 Å². The second-order valence-corrected chi connectivity index (χ2v) is 3.78. The summed E-state index contributed by atoms with van der Waals surface area (Å²) in [4.78, 5) is 16.9. The molecule has 2 aromatic rings. The Morgan fingerprint density at radius 1 is 1.38 bits per heavy atom. The van der Waals surface area contributed by atoms with Crippen molar-refractivity contribution in [2.45, 2.75) is 19.1 Å². The lowest BCUT2D eigenvalue weighted by Gasteiger charge is -1.93. The van der Waals surface area contributed by atoms with E-state index < -0.39 is 12.1 Å². The number of halogens is 3. The highest BCUT2D eigenvalue weighted by Crippen LogP contribution is 2.16. The van der Waals surface area contributed by atoms with E-state index in [9.17, 15) is 13.2 Å². The third-order valence-electron chi connectivity index (χ3n) is 2.01. The van der Waals surface area contributed by atoms with Gasteiger partial charge in [-0.2, -0.15) is 18.2 Å². The van der Waals surface area contributed by atoms with Crippen LogP contribution in [0.1, 0.15) is 18.9 Å². The first-order chi connectivity index (χ1) is 9.71. The van der Waals surface area contributed by atoms with Crippen molar-refractivity contribution in [2.24, 2.45) is 5.73 Å². The van der Waals surface area contributed by atoms with Crippen LogP contribution in [0.3, 0.4) is 0 Å². The number of nitrogens with zero attached hydrogens (tertiary/aromatic N) is 3. The minimum absolute atomic E-state index is 0.238. The standard InChI is InChI=1S/C9H10N4O.C2HF3O2/c1-6(10)9-12-8(13-14-9)7-2-4-11-5-3-7;3-2(4,5)1(6)7/h2-6H,10H2,1H3;(H,6,7). The number of carboxylic acids is 1. The minimum Gasteiger partial charge on any atom is -0.475 e. The van der Waals surface area contributed by atoms with E-state index >= 15 is 0 Å². The molecule has 0 saturated heterocycles. The topological polar surface area (TPSA) is 115 Å². The summed E-state index contributed by atoms with van der Waals surface area (Å²) in [5.41, 5.74) is 6.47. The van der Waals surface area contributed by atoms with Crippen molar-refractivity contribution in [1.29, 1.82) is 0 Å². The van der Waals surface area contributed by atoms with E-state index in [-0.39, 0.29) is 6.04 Å². The predicted molar refractivity (Wildman–Crippen MR) is 63.8 cm³/mol. The molecule has 0 amide bonds. The molecule has 2 heterocycles. The fourth-order valence-corrected chi connectivity index (χ4v) is 1.04. The van der Waals surface area contributed by atoms with Crippen LogP contribution in [-0.2, 0) is 4.79 Å². The maximum Gasteiger partial charge on any atom is 0.490 e. The molecule has 21 heavy (non-hydrogen) atoms. The van der Waals surface area contributed by atoms with Crippen molar-refractivity contribution in [2.75, 3.05) is 0 Å². The summed E-state index contributed by atoms with van der Waals surface area (Å²) in [5, 5.41) is 10.9. The molecule has 0 spiro atoms. The van der Waals surface area contributed by atoms with Gasteiger partial charge in [-0.3, -0.25) is 4.98 Å². The Morgan fingerprint density at radius 2 is 1.90 bits per heavy atom. The van der Waals surface area contributed by atoms with Crippen LogP contribution in [0, 0.1) is 0 Å². The first-order valence-corrected chi connectivity index (χ1v) is 5.51. The van der Waals surface area contributed by atoms with Gasteiger partial charge in [0, 0.05) is 18.0 Å². The third kappa shape index (κ3) is 5.18. The molecule has 1 unspecified atom stereocenters. The molecule has 0 bridgehead atoms. The highest BCUT2D eigenvalue weighted by molar-refractivity contribution is 5.73. The lowest BCUT2D eigenvalue weighted by atomic mass is 10.2. The van der Waals surface area contributed by atoms with E-state index in [2.05, 4.69) is 15.1 Å². The van der Waals surface area contributed by atoms with Crippen LogP contribution < -0.4 is 5.73 Å². The highest BCUT2D eigenvalue weighted by Gasteiger charge is 2.38. The van der Waals surface area contributed by atoms with Gasteiger partial charge in [0.1, 0.15) is 0 Å². The second-order valence-electron chi connectivity index (χ2n) is 3.78. The molecule has 0 radical (unpaired) electrons. The van der Waals surface area contributed by atoms with Gasteiger partial charge in [0.05, 0.1) is 6.04 Å². The van der Waals surface area contributed by atoms with Gasteiger partial charge in [0.2, 0.25) is 11.7 Å². The van der Waals surface area contributed by atoms with Crippen LogP contribution in [0.5, 0.6) is 0 Å². The van der Waals surface area contributed by atoms with E-state index in [1.807, 2.05) is 12.1 Å². The van der Waals surface area contributed by atoms with Gasteiger partial charge in [-0.15, -0.1) is 0 Å². The molecule has 0 aliphatic rings. The van der Waals surface area contributed by atoms with Crippen LogP contribution in [0.4, 0.5) is 13.2 Å². The molecule has 114 valence electrons. The summed E-state index contributed by atoms with van der Waals surface area (Å²) in [7, 11) is 0. The minimum atomic E-state index is -5.08. The molecule has 10 heteroatoms. The second kappa shape index (κ2) is 6.79. The Morgan fingerprint density at radius 3 is 2.29 bits per heavy atom. The Kier molecular flexibility index (Phi) is 5.36.